The molecule has 2 amide bonds. The largest absolute Gasteiger partial charge is 0.372 e. The molecule has 0 unspecified atom stereocenters. The molecule has 1 aliphatic heterocycles. The van der Waals surface area contributed by atoms with Crippen LogP contribution >= 0.6 is 11.3 Å². The van der Waals surface area contributed by atoms with Crippen molar-refractivity contribution >= 4 is 23.2 Å². The molecule has 2 aliphatic rings. The number of amides is 2. The fourth-order valence-corrected chi connectivity index (χ4v) is 4.19. The predicted molar refractivity (Wildman–Crippen MR) is 104 cm³/mol. The SMILES string of the molecule is CCOCC(=O)NC[C@@H]1CC[C@H](CC(=O)NCc2cscn2)N1CC1CC1. The van der Waals surface area contributed by atoms with Crippen molar-refractivity contribution in [3.8, 4) is 0 Å². The molecule has 1 aliphatic carbocycles. The van der Waals surface area contributed by atoms with Gasteiger partial charge in [-0.1, -0.05) is 0 Å². The molecule has 2 fully saturated rings. The molecule has 2 N–H and O–H groups in total. The van der Waals surface area contributed by atoms with Crippen molar-refractivity contribution in [1.82, 2.24) is 20.5 Å². The molecule has 0 aromatic carbocycles. The van der Waals surface area contributed by atoms with Crippen molar-refractivity contribution in [2.45, 2.75) is 57.7 Å². The van der Waals surface area contributed by atoms with Gasteiger partial charge in [-0.2, -0.15) is 0 Å². The molecule has 27 heavy (non-hydrogen) atoms. The first-order valence-corrected chi connectivity index (χ1v) is 10.8. The molecule has 2 atom stereocenters. The molecule has 1 saturated carbocycles. The van der Waals surface area contributed by atoms with Gasteiger partial charge in [-0.15, -0.1) is 11.3 Å². The lowest BCUT2D eigenvalue weighted by Gasteiger charge is -2.30. The van der Waals surface area contributed by atoms with Crippen LogP contribution in [-0.2, 0) is 20.9 Å². The number of thiazole rings is 1. The Labute approximate surface area is 164 Å². The molecule has 1 aromatic heterocycles. The predicted octanol–water partition coefficient (Wildman–Crippen LogP) is 1.55. The summed E-state index contributed by atoms with van der Waals surface area (Å²) in [6.45, 7) is 4.71. The zero-order valence-electron chi connectivity index (χ0n) is 16.0. The molecule has 7 nitrogen and oxygen atoms in total. The minimum absolute atomic E-state index is 0.0623. The molecular formula is C19H30N4O3S. The molecule has 1 saturated heterocycles. The van der Waals surface area contributed by atoms with Gasteiger partial charge in [-0.25, -0.2) is 4.98 Å². The Morgan fingerprint density at radius 2 is 2.04 bits per heavy atom. The summed E-state index contributed by atoms with van der Waals surface area (Å²) in [6.07, 6.45) is 5.10. The quantitative estimate of drug-likeness (QED) is 0.595. The van der Waals surface area contributed by atoms with Gasteiger partial charge in [-0.3, -0.25) is 14.5 Å². The standard InChI is InChI=1S/C19H30N4O3S/c1-2-26-11-19(25)21-9-17-6-5-16(23(17)10-14-3-4-14)7-18(24)20-8-15-12-27-13-22-15/h12-14,16-17H,2-11H2,1H3,(H,20,24)(H,21,25)/t16-,17+/m1/s1. The number of nitrogens with zero attached hydrogens (tertiary/aromatic N) is 2. The maximum atomic E-state index is 12.4. The van der Waals surface area contributed by atoms with Crippen molar-refractivity contribution in [3.05, 3.63) is 16.6 Å². The Hall–Kier alpha value is -1.51. The first-order chi connectivity index (χ1) is 13.2. The molecule has 3 rings (SSSR count). The summed E-state index contributed by atoms with van der Waals surface area (Å²) in [5, 5.41) is 7.92. The Balaban J connectivity index is 1.46. The first kappa shape index (κ1) is 20.2. The second kappa shape index (κ2) is 10.1. The highest BCUT2D eigenvalue weighted by Crippen LogP contribution is 2.35. The smallest absolute Gasteiger partial charge is 0.246 e. The molecule has 0 bridgehead atoms. The van der Waals surface area contributed by atoms with Gasteiger partial charge in [0.2, 0.25) is 11.8 Å². The van der Waals surface area contributed by atoms with Crippen LogP contribution in [0.25, 0.3) is 0 Å². The van der Waals surface area contributed by atoms with Crippen LogP contribution in [0.2, 0.25) is 0 Å². The number of carbonyl (C=O) groups is 2. The second-order valence-electron chi connectivity index (χ2n) is 7.43. The Morgan fingerprint density at radius 1 is 1.22 bits per heavy atom. The molecule has 0 radical (unpaired) electrons. The average Bonchev–Trinajstić information content (AvgIpc) is 3.18. The summed E-state index contributed by atoms with van der Waals surface area (Å²) in [4.78, 5) is 30.9. The second-order valence-corrected chi connectivity index (χ2v) is 8.15. The van der Waals surface area contributed by atoms with E-state index in [1.807, 2.05) is 12.3 Å². The third-order valence-corrected chi connectivity index (χ3v) is 5.92. The van der Waals surface area contributed by atoms with Crippen LogP contribution < -0.4 is 10.6 Å². The van der Waals surface area contributed by atoms with E-state index in [0.29, 0.717) is 32.2 Å². The molecule has 150 valence electrons. The third kappa shape index (κ3) is 6.55. The number of nitrogens with one attached hydrogen (secondary N) is 2. The van der Waals surface area contributed by atoms with E-state index in [9.17, 15) is 9.59 Å². The van der Waals surface area contributed by atoms with Crippen LogP contribution in [-0.4, -0.2) is 60.1 Å². The van der Waals surface area contributed by atoms with Crippen molar-refractivity contribution in [2.75, 3.05) is 26.3 Å². The fraction of sp³-hybridized carbons (Fsp3) is 0.737. The van der Waals surface area contributed by atoms with Crippen LogP contribution in [0.4, 0.5) is 0 Å². The topological polar surface area (TPSA) is 83.6 Å². The molecule has 8 heteroatoms. The lowest BCUT2D eigenvalue weighted by molar-refractivity contribution is -0.126. The normalized spacial score (nSPS) is 22.7. The number of rotatable bonds is 11. The summed E-state index contributed by atoms with van der Waals surface area (Å²) < 4.78 is 5.16. The summed E-state index contributed by atoms with van der Waals surface area (Å²) in [6, 6.07) is 0.572. The third-order valence-electron chi connectivity index (χ3n) is 5.28. The lowest BCUT2D eigenvalue weighted by Crippen LogP contribution is -2.46. The highest BCUT2D eigenvalue weighted by molar-refractivity contribution is 7.07. The number of carbonyl (C=O) groups excluding carboxylic acids is 2. The molecule has 0 spiro atoms. The van der Waals surface area contributed by atoms with Crippen LogP contribution in [0.1, 0.15) is 44.7 Å². The van der Waals surface area contributed by atoms with Gasteiger partial charge in [0.1, 0.15) is 6.61 Å². The van der Waals surface area contributed by atoms with E-state index < -0.39 is 0 Å². The Bertz CT molecular complexity index is 606. The van der Waals surface area contributed by atoms with E-state index >= 15 is 0 Å². The van der Waals surface area contributed by atoms with Crippen molar-refractivity contribution in [3.63, 3.8) is 0 Å². The number of ether oxygens (including phenoxy) is 1. The summed E-state index contributed by atoms with van der Waals surface area (Å²) in [7, 11) is 0. The number of hydrogen-bond acceptors (Lipinski definition) is 6. The Kier molecular flexibility index (Phi) is 7.60. The van der Waals surface area contributed by atoms with Crippen molar-refractivity contribution < 1.29 is 14.3 Å². The van der Waals surface area contributed by atoms with Gasteiger partial charge >= 0.3 is 0 Å². The van der Waals surface area contributed by atoms with Gasteiger partial charge in [0.15, 0.2) is 0 Å². The Morgan fingerprint density at radius 3 is 2.74 bits per heavy atom. The monoisotopic (exact) mass is 394 g/mol. The van der Waals surface area contributed by atoms with Crippen LogP contribution in [0.15, 0.2) is 10.9 Å². The van der Waals surface area contributed by atoms with E-state index in [-0.39, 0.29) is 24.5 Å². The van der Waals surface area contributed by atoms with E-state index in [1.165, 1.54) is 24.2 Å². The summed E-state index contributed by atoms with van der Waals surface area (Å²) in [5.74, 6) is 0.771. The number of hydrogen-bond donors (Lipinski definition) is 2. The zero-order chi connectivity index (χ0) is 19.1. The minimum Gasteiger partial charge on any atom is -0.372 e. The highest BCUT2D eigenvalue weighted by atomic mass is 32.1. The number of aromatic nitrogens is 1. The first-order valence-electron chi connectivity index (χ1n) is 9.89. The maximum absolute atomic E-state index is 12.4. The fourth-order valence-electron chi connectivity index (χ4n) is 3.63. The zero-order valence-corrected chi connectivity index (χ0v) is 16.8. The lowest BCUT2D eigenvalue weighted by atomic mass is 10.1. The van der Waals surface area contributed by atoms with E-state index in [2.05, 4.69) is 20.5 Å². The van der Waals surface area contributed by atoms with Gasteiger partial charge in [0.25, 0.3) is 0 Å². The molecule has 2 heterocycles. The van der Waals surface area contributed by atoms with Gasteiger partial charge < -0.3 is 15.4 Å². The number of likely N-dealkylation sites (tertiary alicyclic amines) is 1. The highest BCUT2D eigenvalue weighted by Gasteiger charge is 2.37. The van der Waals surface area contributed by atoms with Crippen LogP contribution in [0, 0.1) is 5.92 Å². The van der Waals surface area contributed by atoms with E-state index in [0.717, 1.165) is 31.0 Å². The van der Waals surface area contributed by atoms with Crippen LogP contribution in [0.3, 0.4) is 0 Å². The average molecular weight is 395 g/mol. The van der Waals surface area contributed by atoms with Crippen LogP contribution in [0.5, 0.6) is 0 Å². The van der Waals surface area contributed by atoms with E-state index in [1.54, 1.807) is 5.51 Å². The summed E-state index contributed by atoms with van der Waals surface area (Å²) in [5.41, 5.74) is 2.68. The minimum atomic E-state index is -0.0623. The summed E-state index contributed by atoms with van der Waals surface area (Å²) >= 11 is 1.54. The molecule has 1 aromatic rings. The van der Waals surface area contributed by atoms with Crippen molar-refractivity contribution in [2.24, 2.45) is 5.92 Å². The molecular weight excluding hydrogens is 364 g/mol. The van der Waals surface area contributed by atoms with Gasteiger partial charge in [0, 0.05) is 43.6 Å². The van der Waals surface area contributed by atoms with Crippen molar-refractivity contribution in [1.29, 1.82) is 0 Å². The maximum Gasteiger partial charge on any atom is 0.246 e. The van der Waals surface area contributed by atoms with E-state index in [4.69, 9.17) is 4.74 Å². The van der Waals surface area contributed by atoms with Gasteiger partial charge in [0.05, 0.1) is 17.7 Å². The van der Waals surface area contributed by atoms with Gasteiger partial charge in [-0.05, 0) is 38.5 Å².